The van der Waals surface area contributed by atoms with Crippen molar-refractivity contribution in [3.63, 3.8) is 0 Å². The van der Waals surface area contributed by atoms with E-state index in [0.717, 1.165) is 5.92 Å². The molecule has 1 heterocycles. The molecule has 3 rings (SSSR count). The van der Waals surface area contributed by atoms with E-state index in [1.165, 1.54) is 30.4 Å². The van der Waals surface area contributed by atoms with Crippen molar-refractivity contribution in [3.8, 4) is 0 Å². The predicted molar refractivity (Wildman–Crippen MR) is 65.8 cm³/mol. The van der Waals surface area contributed by atoms with Gasteiger partial charge >= 0.3 is 0 Å². The van der Waals surface area contributed by atoms with Crippen molar-refractivity contribution >= 4 is 5.57 Å². The minimum absolute atomic E-state index is 0.715. The van der Waals surface area contributed by atoms with Crippen LogP contribution in [-0.2, 0) is 7.05 Å². The van der Waals surface area contributed by atoms with Crippen LogP contribution in [0, 0.1) is 11.8 Å². The van der Waals surface area contributed by atoms with Crippen LogP contribution in [0.3, 0.4) is 0 Å². The van der Waals surface area contributed by atoms with Crippen LogP contribution in [0.15, 0.2) is 30.1 Å². The fourth-order valence-corrected chi connectivity index (χ4v) is 2.63. The molecule has 0 saturated heterocycles. The Labute approximate surface area is 96.7 Å². The summed E-state index contributed by atoms with van der Waals surface area (Å²) >= 11 is 0. The molecule has 1 aromatic rings. The summed E-state index contributed by atoms with van der Waals surface area (Å²) in [6.45, 7) is 2.35. The largest absolute Gasteiger partial charge is 0.275 e. The lowest BCUT2D eigenvalue weighted by atomic mass is 9.84. The Morgan fingerprint density at radius 1 is 1.31 bits per heavy atom. The number of allylic oxidation sites excluding steroid dienone is 4. The number of aryl methyl sites for hydroxylation is 1. The van der Waals surface area contributed by atoms with Gasteiger partial charge in [-0.2, -0.15) is 5.10 Å². The third-order valence-electron chi connectivity index (χ3n) is 3.70. The molecule has 1 aromatic heterocycles. The summed E-state index contributed by atoms with van der Waals surface area (Å²) in [7, 11) is 1.97. The smallest absolute Gasteiger partial charge is 0.0564 e. The Morgan fingerprint density at radius 3 is 2.69 bits per heavy atom. The van der Waals surface area contributed by atoms with Crippen molar-refractivity contribution < 1.29 is 0 Å². The highest BCUT2D eigenvalue weighted by atomic mass is 15.2. The molecule has 0 bridgehead atoms. The standard InChI is InChI=1S/C14H18N2/c1-10-7-12(13-8-15-16(2)9-13)5-6-14(10)11-3-4-11/h5-6,8-11H,3-4,7H2,1-2H3. The second-order valence-electron chi connectivity index (χ2n) is 5.14. The molecule has 1 atom stereocenters. The Hall–Kier alpha value is -1.31. The van der Waals surface area contributed by atoms with Crippen LogP contribution < -0.4 is 0 Å². The van der Waals surface area contributed by atoms with Crippen LogP contribution in [0.25, 0.3) is 5.57 Å². The van der Waals surface area contributed by atoms with Crippen molar-refractivity contribution in [1.29, 1.82) is 0 Å². The van der Waals surface area contributed by atoms with Crippen LogP contribution in [0.4, 0.5) is 0 Å². The molecule has 0 amide bonds. The highest BCUT2D eigenvalue weighted by Crippen LogP contribution is 2.44. The van der Waals surface area contributed by atoms with Crippen molar-refractivity contribution in [2.24, 2.45) is 18.9 Å². The van der Waals surface area contributed by atoms with E-state index in [2.05, 4.69) is 30.4 Å². The number of hydrogen-bond acceptors (Lipinski definition) is 1. The predicted octanol–water partition coefficient (Wildman–Crippen LogP) is 3.18. The van der Waals surface area contributed by atoms with Crippen molar-refractivity contribution in [3.05, 3.63) is 35.7 Å². The minimum atomic E-state index is 0.715. The lowest BCUT2D eigenvalue weighted by Gasteiger charge is -2.21. The van der Waals surface area contributed by atoms with E-state index >= 15 is 0 Å². The fourth-order valence-electron chi connectivity index (χ4n) is 2.63. The molecule has 0 spiro atoms. The van der Waals surface area contributed by atoms with E-state index in [0.29, 0.717) is 5.92 Å². The van der Waals surface area contributed by atoms with Crippen LogP contribution in [0.2, 0.25) is 0 Å². The van der Waals surface area contributed by atoms with Crippen LogP contribution in [-0.4, -0.2) is 9.78 Å². The van der Waals surface area contributed by atoms with Crippen molar-refractivity contribution in [1.82, 2.24) is 9.78 Å². The zero-order valence-corrected chi connectivity index (χ0v) is 9.98. The maximum Gasteiger partial charge on any atom is 0.0564 e. The van der Waals surface area contributed by atoms with Gasteiger partial charge in [0.25, 0.3) is 0 Å². The molecule has 2 aliphatic rings. The van der Waals surface area contributed by atoms with Crippen molar-refractivity contribution in [2.75, 3.05) is 0 Å². The van der Waals surface area contributed by atoms with E-state index < -0.39 is 0 Å². The third-order valence-corrected chi connectivity index (χ3v) is 3.70. The average molecular weight is 214 g/mol. The summed E-state index contributed by atoms with van der Waals surface area (Å²) in [6.07, 6.45) is 12.7. The fraction of sp³-hybridized carbons (Fsp3) is 0.500. The molecule has 0 aliphatic heterocycles. The molecule has 1 unspecified atom stereocenters. The minimum Gasteiger partial charge on any atom is -0.275 e. The monoisotopic (exact) mass is 214 g/mol. The van der Waals surface area contributed by atoms with Crippen LogP contribution in [0.5, 0.6) is 0 Å². The van der Waals surface area contributed by atoms with Gasteiger partial charge in [-0.05, 0) is 36.7 Å². The van der Waals surface area contributed by atoms with Gasteiger partial charge in [-0.3, -0.25) is 4.68 Å². The number of nitrogens with zero attached hydrogens (tertiary/aromatic N) is 2. The zero-order chi connectivity index (χ0) is 11.1. The van der Waals surface area contributed by atoms with Gasteiger partial charge < -0.3 is 0 Å². The lowest BCUT2D eigenvalue weighted by Crippen LogP contribution is -2.06. The summed E-state index contributed by atoms with van der Waals surface area (Å²) in [5.41, 5.74) is 4.39. The lowest BCUT2D eigenvalue weighted by molar-refractivity contribution is 0.648. The first-order valence-corrected chi connectivity index (χ1v) is 6.13. The molecule has 1 fully saturated rings. The Bertz CT molecular complexity index is 461. The first-order chi connectivity index (χ1) is 7.74. The molecule has 16 heavy (non-hydrogen) atoms. The van der Waals surface area contributed by atoms with E-state index in [-0.39, 0.29) is 0 Å². The normalized spacial score (nSPS) is 25.2. The molecule has 0 aromatic carbocycles. The quantitative estimate of drug-likeness (QED) is 0.739. The van der Waals surface area contributed by atoms with E-state index in [9.17, 15) is 0 Å². The van der Waals surface area contributed by atoms with Crippen LogP contribution >= 0.6 is 0 Å². The van der Waals surface area contributed by atoms with Gasteiger partial charge in [0.2, 0.25) is 0 Å². The van der Waals surface area contributed by atoms with Gasteiger partial charge in [-0.1, -0.05) is 24.6 Å². The molecular weight excluding hydrogens is 196 g/mol. The van der Waals surface area contributed by atoms with E-state index in [4.69, 9.17) is 0 Å². The average Bonchev–Trinajstić information content (AvgIpc) is 3.01. The van der Waals surface area contributed by atoms with Gasteiger partial charge in [-0.25, -0.2) is 0 Å². The summed E-state index contributed by atoms with van der Waals surface area (Å²) in [5.74, 6) is 1.62. The highest BCUT2D eigenvalue weighted by molar-refractivity contribution is 5.68. The summed E-state index contributed by atoms with van der Waals surface area (Å²) in [4.78, 5) is 0. The second kappa shape index (κ2) is 3.62. The summed E-state index contributed by atoms with van der Waals surface area (Å²) < 4.78 is 1.88. The Balaban J connectivity index is 1.88. The Morgan fingerprint density at radius 2 is 2.12 bits per heavy atom. The van der Waals surface area contributed by atoms with Gasteiger partial charge in [-0.15, -0.1) is 0 Å². The maximum absolute atomic E-state index is 4.24. The van der Waals surface area contributed by atoms with Gasteiger partial charge in [0.1, 0.15) is 0 Å². The SMILES string of the molecule is CC1CC(c2cnn(C)c2)=CC=C1C1CC1. The van der Waals surface area contributed by atoms with Gasteiger partial charge in [0, 0.05) is 18.8 Å². The van der Waals surface area contributed by atoms with E-state index in [1.54, 1.807) is 5.57 Å². The van der Waals surface area contributed by atoms with Gasteiger partial charge in [0.05, 0.1) is 6.20 Å². The first kappa shape index (κ1) is 9.88. The maximum atomic E-state index is 4.24. The second-order valence-corrected chi connectivity index (χ2v) is 5.14. The highest BCUT2D eigenvalue weighted by Gasteiger charge is 2.30. The van der Waals surface area contributed by atoms with Crippen LogP contribution in [0.1, 0.15) is 31.7 Å². The Kier molecular flexibility index (Phi) is 2.23. The molecule has 1 saturated carbocycles. The first-order valence-electron chi connectivity index (χ1n) is 6.13. The third kappa shape index (κ3) is 1.73. The number of rotatable bonds is 2. The van der Waals surface area contributed by atoms with Crippen molar-refractivity contribution in [2.45, 2.75) is 26.2 Å². The molecule has 2 heteroatoms. The molecular formula is C14H18N2. The molecule has 2 aliphatic carbocycles. The molecule has 0 radical (unpaired) electrons. The zero-order valence-electron chi connectivity index (χ0n) is 9.98. The summed E-state index contributed by atoms with van der Waals surface area (Å²) in [6, 6.07) is 0. The summed E-state index contributed by atoms with van der Waals surface area (Å²) in [5, 5.41) is 4.24. The molecule has 84 valence electrons. The topological polar surface area (TPSA) is 17.8 Å². The van der Waals surface area contributed by atoms with Gasteiger partial charge in [0.15, 0.2) is 0 Å². The number of aromatic nitrogens is 2. The molecule has 2 nitrogen and oxygen atoms in total. The van der Waals surface area contributed by atoms with E-state index in [1.807, 2.05) is 17.9 Å². The number of hydrogen-bond donors (Lipinski definition) is 0. The molecule has 0 N–H and O–H groups in total.